The lowest BCUT2D eigenvalue weighted by atomic mass is 9.86. The summed E-state index contributed by atoms with van der Waals surface area (Å²) in [4.78, 5) is 36.5. The zero-order chi connectivity index (χ0) is 19.6. The number of carbonyl (C=O) groups is 3. The maximum absolute atomic E-state index is 11.9. The van der Waals surface area contributed by atoms with Crippen molar-refractivity contribution in [2.24, 2.45) is 5.92 Å². The minimum absolute atomic E-state index is 0.0783. The highest BCUT2D eigenvalue weighted by Gasteiger charge is 2.23. The van der Waals surface area contributed by atoms with Gasteiger partial charge in [0, 0.05) is 17.0 Å². The number of esters is 1. The number of hydrogen-bond acceptors (Lipinski definition) is 5. The number of thioether (sulfide) groups is 1. The van der Waals surface area contributed by atoms with Crippen molar-refractivity contribution in [3.8, 4) is 0 Å². The van der Waals surface area contributed by atoms with E-state index in [4.69, 9.17) is 4.74 Å². The van der Waals surface area contributed by atoms with E-state index < -0.39 is 24.5 Å². The topological polar surface area (TPSA) is 84.5 Å². The van der Waals surface area contributed by atoms with Crippen LogP contribution >= 0.6 is 11.8 Å². The molecular weight excluding hydrogens is 364 g/mol. The Morgan fingerprint density at radius 3 is 2.56 bits per heavy atom. The molecule has 1 aliphatic rings. The van der Waals surface area contributed by atoms with Gasteiger partial charge in [-0.3, -0.25) is 10.1 Å². The molecule has 1 aliphatic carbocycles. The number of benzene rings is 1. The molecule has 3 amide bonds. The van der Waals surface area contributed by atoms with Crippen LogP contribution in [0, 0.1) is 5.92 Å². The molecule has 2 rings (SSSR count). The highest BCUT2D eigenvalue weighted by Crippen LogP contribution is 2.23. The maximum Gasteiger partial charge on any atom is 0.331 e. The molecule has 7 heteroatoms. The van der Waals surface area contributed by atoms with E-state index in [1.54, 1.807) is 17.8 Å². The second-order valence-electron chi connectivity index (χ2n) is 6.60. The lowest BCUT2D eigenvalue weighted by Gasteiger charge is -2.29. The van der Waals surface area contributed by atoms with Crippen molar-refractivity contribution in [3.63, 3.8) is 0 Å². The Balaban J connectivity index is 1.69. The van der Waals surface area contributed by atoms with Gasteiger partial charge in [-0.1, -0.05) is 31.9 Å². The molecule has 0 spiro atoms. The predicted octanol–water partition coefficient (Wildman–Crippen LogP) is 3.37. The van der Waals surface area contributed by atoms with Gasteiger partial charge in [0.2, 0.25) is 0 Å². The first kappa shape index (κ1) is 21.0. The zero-order valence-electron chi connectivity index (χ0n) is 15.7. The van der Waals surface area contributed by atoms with Crippen molar-refractivity contribution < 1.29 is 19.1 Å². The van der Waals surface area contributed by atoms with Gasteiger partial charge in [0.15, 0.2) is 6.61 Å². The molecule has 6 nitrogen and oxygen atoms in total. The van der Waals surface area contributed by atoms with Crippen LogP contribution < -0.4 is 10.6 Å². The molecule has 2 N–H and O–H groups in total. The molecular formula is C20H26N2O4S. The molecule has 27 heavy (non-hydrogen) atoms. The average Bonchev–Trinajstić information content (AvgIpc) is 2.67. The molecule has 0 heterocycles. The molecule has 1 fully saturated rings. The molecule has 0 radical (unpaired) electrons. The third kappa shape index (κ3) is 7.46. The summed E-state index contributed by atoms with van der Waals surface area (Å²) < 4.78 is 4.86. The van der Waals surface area contributed by atoms with Crippen molar-refractivity contribution in [3.05, 3.63) is 35.9 Å². The second-order valence-corrected chi connectivity index (χ2v) is 7.48. The Bertz CT molecular complexity index is 688. The summed E-state index contributed by atoms with van der Waals surface area (Å²) in [7, 11) is 0. The molecule has 1 aromatic carbocycles. The van der Waals surface area contributed by atoms with E-state index >= 15 is 0 Å². The summed E-state index contributed by atoms with van der Waals surface area (Å²) in [5.74, 6) is -0.894. The Morgan fingerprint density at radius 2 is 1.89 bits per heavy atom. The fourth-order valence-corrected chi connectivity index (χ4v) is 3.37. The number of carbonyl (C=O) groups excluding carboxylic acids is 3. The minimum Gasteiger partial charge on any atom is -0.452 e. The number of imide groups is 1. The monoisotopic (exact) mass is 390 g/mol. The largest absolute Gasteiger partial charge is 0.452 e. The lowest BCUT2D eigenvalue weighted by molar-refractivity contribution is -0.143. The lowest BCUT2D eigenvalue weighted by Crippen LogP contribution is -2.48. The summed E-state index contributed by atoms with van der Waals surface area (Å²) in [5.41, 5.74) is 0.857. The number of hydrogen-bond donors (Lipinski definition) is 2. The zero-order valence-corrected chi connectivity index (χ0v) is 16.5. The predicted molar refractivity (Wildman–Crippen MR) is 106 cm³/mol. The van der Waals surface area contributed by atoms with Crippen molar-refractivity contribution in [2.45, 2.75) is 43.5 Å². The van der Waals surface area contributed by atoms with Gasteiger partial charge in [-0.2, -0.15) is 0 Å². The first-order chi connectivity index (χ1) is 13.0. The molecule has 1 saturated carbocycles. The van der Waals surface area contributed by atoms with E-state index in [1.807, 2.05) is 30.5 Å². The van der Waals surface area contributed by atoms with Gasteiger partial charge in [-0.05, 0) is 48.8 Å². The van der Waals surface area contributed by atoms with Crippen molar-refractivity contribution in [1.82, 2.24) is 10.6 Å². The Labute approximate surface area is 164 Å². The van der Waals surface area contributed by atoms with Crippen LogP contribution in [0.2, 0.25) is 0 Å². The fourth-order valence-electron chi connectivity index (χ4n) is 2.96. The van der Waals surface area contributed by atoms with Crippen LogP contribution in [0.4, 0.5) is 4.79 Å². The standard InChI is InChI=1S/C20H26N2O4S/c1-14-5-3-4-6-17(14)21-20(25)22-18(23)13-26-19(24)12-9-15-7-10-16(27-2)11-8-15/h7-12,14,17H,3-6,13H2,1-2H3,(H2,21,22,23,25)/b12-9+/t14-,17+/m1/s1. The van der Waals surface area contributed by atoms with Crippen molar-refractivity contribution >= 4 is 35.7 Å². The third-order valence-corrected chi connectivity index (χ3v) is 5.30. The van der Waals surface area contributed by atoms with Gasteiger partial charge in [0.25, 0.3) is 5.91 Å². The van der Waals surface area contributed by atoms with E-state index in [0.29, 0.717) is 5.92 Å². The highest BCUT2D eigenvalue weighted by molar-refractivity contribution is 7.98. The van der Waals surface area contributed by atoms with Gasteiger partial charge in [0.1, 0.15) is 0 Å². The molecule has 146 valence electrons. The fraction of sp³-hybridized carbons (Fsp3) is 0.450. The Kier molecular flexibility index (Phi) is 8.39. The van der Waals surface area contributed by atoms with E-state index in [0.717, 1.165) is 29.7 Å². The minimum atomic E-state index is -0.651. The van der Waals surface area contributed by atoms with Gasteiger partial charge in [0.05, 0.1) is 0 Å². The number of amides is 3. The molecule has 1 aromatic rings. The highest BCUT2D eigenvalue weighted by atomic mass is 32.2. The summed E-state index contributed by atoms with van der Waals surface area (Å²) in [6.07, 6.45) is 9.09. The smallest absolute Gasteiger partial charge is 0.331 e. The molecule has 0 unspecified atom stereocenters. The van der Waals surface area contributed by atoms with Crippen LogP contribution in [0.3, 0.4) is 0 Å². The van der Waals surface area contributed by atoms with Crippen LogP contribution in [0.15, 0.2) is 35.2 Å². The van der Waals surface area contributed by atoms with Gasteiger partial charge in [-0.25, -0.2) is 9.59 Å². The molecule has 0 aliphatic heterocycles. The van der Waals surface area contributed by atoms with Crippen LogP contribution in [0.5, 0.6) is 0 Å². The molecule has 0 saturated heterocycles. The summed E-state index contributed by atoms with van der Waals surface area (Å²) in [6.45, 7) is 1.59. The van der Waals surface area contributed by atoms with Crippen LogP contribution in [0.1, 0.15) is 38.2 Å². The van der Waals surface area contributed by atoms with Gasteiger partial charge in [-0.15, -0.1) is 11.8 Å². The Morgan fingerprint density at radius 1 is 1.19 bits per heavy atom. The maximum atomic E-state index is 11.9. The molecule has 0 aromatic heterocycles. The van der Waals surface area contributed by atoms with E-state index in [-0.39, 0.29) is 6.04 Å². The Hall–Kier alpha value is -2.28. The number of urea groups is 1. The van der Waals surface area contributed by atoms with E-state index in [2.05, 4.69) is 17.6 Å². The summed E-state index contributed by atoms with van der Waals surface area (Å²) >= 11 is 1.64. The summed E-state index contributed by atoms with van der Waals surface area (Å²) in [6, 6.07) is 7.22. The quantitative estimate of drug-likeness (QED) is 0.442. The third-order valence-electron chi connectivity index (χ3n) is 4.55. The van der Waals surface area contributed by atoms with E-state index in [9.17, 15) is 14.4 Å². The van der Waals surface area contributed by atoms with Crippen molar-refractivity contribution in [2.75, 3.05) is 12.9 Å². The number of nitrogens with one attached hydrogen (secondary N) is 2. The van der Waals surface area contributed by atoms with Crippen LogP contribution in [-0.4, -0.2) is 36.8 Å². The molecule has 0 bridgehead atoms. The number of ether oxygens (including phenoxy) is 1. The molecule has 2 atom stereocenters. The number of rotatable bonds is 6. The van der Waals surface area contributed by atoms with Crippen LogP contribution in [0.25, 0.3) is 6.08 Å². The SMILES string of the molecule is CSc1ccc(/C=C/C(=O)OCC(=O)NC(=O)N[C@H]2CCCC[C@H]2C)cc1. The van der Waals surface area contributed by atoms with E-state index in [1.165, 1.54) is 12.5 Å². The summed E-state index contributed by atoms with van der Waals surface area (Å²) in [5, 5.41) is 5.01. The first-order valence-corrected chi connectivity index (χ1v) is 10.3. The normalized spacial score (nSPS) is 19.5. The average molecular weight is 391 g/mol. The van der Waals surface area contributed by atoms with Gasteiger partial charge < -0.3 is 10.1 Å². The van der Waals surface area contributed by atoms with Gasteiger partial charge >= 0.3 is 12.0 Å². The van der Waals surface area contributed by atoms with Crippen LogP contribution in [-0.2, 0) is 14.3 Å². The first-order valence-electron chi connectivity index (χ1n) is 9.07. The van der Waals surface area contributed by atoms with Crippen molar-refractivity contribution in [1.29, 1.82) is 0 Å². The second kappa shape index (κ2) is 10.8.